The van der Waals surface area contributed by atoms with Crippen molar-refractivity contribution in [1.29, 1.82) is 0 Å². The van der Waals surface area contributed by atoms with Gasteiger partial charge in [0.15, 0.2) is 0 Å². The van der Waals surface area contributed by atoms with Gasteiger partial charge in [-0.25, -0.2) is 4.98 Å². The number of nitrogens with one attached hydrogen (secondary N) is 2. The second kappa shape index (κ2) is 6.49. The zero-order chi connectivity index (χ0) is 13.5. The van der Waals surface area contributed by atoms with Crippen LogP contribution in [0.2, 0.25) is 0 Å². The van der Waals surface area contributed by atoms with E-state index in [1.54, 1.807) is 25.4 Å². The van der Waals surface area contributed by atoms with Gasteiger partial charge in [0, 0.05) is 25.4 Å². The molecular formula is C14H16N4O. The molecule has 1 amide bonds. The van der Waals surface area contributed by atoms with Gasteiger partial charge in [-0.15, -0.1) is 0 Å². The van der Waals surface area contributed by atoms with Gasteiger partial charge in [0.25, 0.3) is 0 Å². The van der Waals surface area contributed by atoms with Crippen LogP contribution in [0, 0.1) is 0 Å². The van der Waals surface area contributed by atoms with Crippen LogP contribution < -0.4 is 10.6 Å². The van der Waals surface area contributed by atoms with E-state index < -0.39 is 0 Å². The Morgan fingerprint density at radius 3 is 2.79 bits per heavy atom. The summed E-state index contributed by atoms with van der Waals surface area (Å²) in [5.41, 5.74) is 2.00. The van der Waals surface area contributed by atoms with E-state index in [0.717, 1.165) is 11.3 Å². The summed E-state index contributed by atoms with van der Waals surface area (Å²) in [7, 11) is 0. The SMILES string of the molecule is CCC(=O)Nc1ccc(NCc2cccnc2)cn1. The number of carbonyl (C=O) groups excluding carboxylic acids is 1. The Labute approximate surface area is 112 Å². The molecule has 0 unspecified atom stereocenters. The number of aromatic nitrogens is 2. The first-order chi connectivity index (χ1) is 9.28. The summed E-state index contributed by atoms with van der Waals surface area (Å²) < 4.78 is 0. The van der Waals surface area contributed by atoms with Crippen LogP contribution >= 0.6 is 0 Å². The Hall–Kier alpha value is -2.43. The predicted octanol–water partition coefficient (Wildman–Crippen LogP) is 2.44. The van der Waals surface area contributed by atoms with E-state index in [4.69, 9.17) is 0 Å². The molecule has 5 nitrogen and oxygen atoms in total. The van der Waals surface area contributed by atoms with E-state index >= 15 is 0 Å². The van der Waals surface area contributed by atoms with Gasteiger partial charge >= 0.3 is 0 Å². The summed E-state index contributed by atoms with van der Waals surface area (Å²) in [6.45, 7) is 2.50. The second-order valence-electron chi connectivity index (χ2n) is 4.05. The highest BCUT2D eigenvalue weighted by Gasteiger charge is 2.00. The monoisotopic (exact) mass is 256 g/mol. The number of amides is 1. The maximum atomic E-state index is 11.2. The second-order valence-corrected chi connectivity index (χ2v) is 4.05. The molecule has 2 aromatic heterocycles. The minimum atomic E-state index is -0.0384. The van der Waals surface area contributed by atoms with E-state index in [0.29, 0.717) is 18.8 Å². The number of pyridine rings is 2. The summed E-state index contributed by atoms with van der Waals surface area (Å²) in [5, 5.41) is 5.95. The lowest BCUT2D eigenvalue weighted by atomic mass is 10.3. The van der Waals surface area contributed by atoms with Crippen LogP contribution in [0.15, 0.2) is 42.9 Å². The first-order valence-corrected chi connectivity index (χ1v) is 6.16. The largest absolute Gasteiger partial charge is 0.380 e. The van der Waals surface area contributed by atoms with E-state index in [1.165, 1.54) is 0 Å². The van der Waals surface area contributed by atoms with E-state index in [2.05, 4.69) is 20.6 Å². The Morgan fingerprint density at radius 1 is 1.26 bits per heavy atom. The quantitative estimate of drug-likeness (QED) is 0.862. The van der Waals surface area contributed by atoms with Gasteiger partial charge in [-0.3, -0.25) is 9.78 Å². The molecule has 0 aliphatic carbocycles. The van der Waals surface area contributed by atoms with E-state index in [-0.39, 0.29) is 5.91 Å². The van der Waals surface area contributed by atoms with Crippen LogP contribution in [-0.4, -0.2) is 15.9 Å². The van der Waals surface area contributed by atoms with Crippen molar-refractivity contribution in [3.63, 3.8) is 0 Å². The maximum Gasteiger partial charge on any atom is 0.225 e. The molecule has 0 bridgehead atoms. The van der Waals surface area contributed by atoms with Gasteiger partial charge in [-0.05, 0) is 23.8 Å². The standard InChI is InChI=1S/C14H16N4O/c1-2-14(19)18-13-6-5-12(10-17-13)16-9-11-4-3-7-15-8-11/h3-8,10,16H,2,9H2,1H3,(H,17,18,19). The zero-order valence-corrected chi connectivity index (χ0v) is 10.8. The fourth-order valence-electron chi connectivity index (χ4n) is 1.51. The van der Waals surface area contributed by atoms with Crippen molar-refractivity contribution < 1.29 is 4.79 Å². The van der Waals surface area contributed by atoms with Crippen LogP contribution in [0.3, 0.4) is 0 Å². The number of hydrogen-bond donors (Lipinski definition) is 2. The minimum Gasteiger partial charge on any atom is -0.380 e. The van der Waals surface area contributed by atoms with Crippen molar-refractivity contribution in [2.45, 2.75) is 19.9 Å². The zero-order valence-electron chi connectivity index (χ0n) is 10.8. The van der Waals surface area contributed by atoms with Crippen molar-refractivity contribution in [3.8, 4) is 0 Å². The molecule has 98 valence electrons. The van der Waals surface area contributed by atoms with Gasteiger partial charge in [-0.2, -0.15) is 0 Å². The number of hydrogen-bond acceptors (Lipinski definition) is 4. The number of anilines is 2. The Kier molecular flexibility index (Phi) is 4.44. The van der Waals surface area contributed by atoms with Crippen molar-refractivity contribution in [1.82, 2.24) is 9.97 Å². The highest BCUT2D eigenvalue weighted by molar-refractivity contribution is 5.89. The third-order valence-corrected chi connectivity index (χ3v) is 2.57. The van der Waals surface area contributed by atoms with Crippen molar-refractivity contribution in [2.24, 2.45) is 0 Å². The lowest BCUT2D eigenvalue weighted by Gasteiger charge is -2.07. The molecule has 2 heterocycles. The minimum absolute atomic E-state index is 0.0384. The Morgan fingerprint density at radius 2 is 2.16 bits per heavy atom. The summed E-state index contributed by atoms with van der Waals surface area (Å²) >= 11 is 0. The van der Waals surface area contributed by atoms with Gasteiger partial charge in [0.1, 0.15) is 5.82 Å². The normalized spacial score (nSPS) is 9.95. The molecule has 0 spiro atoms. The average Bonchev–Trinajstić information content (AvgIpc) is 2.47. The van der Waals surface area contributed by atoms with E-state index in [1.807, 2.05) is 24.4 Å². The third kappa shape index (κ3) is 4.06. The van der Waals surface area contributed by atoms with Crippen molar-refractivity contribution in [2.75, 3.05) is 10.6 Å². The molecule has 0 radical (unpaired) electrons. The van der Waals surface area contributed by atoms with Crippen LogP contribution in [0.5, 0.6) is 0 Å². The molecule has 0 saturated heterocycles. The molecule has 19 heavy (non-hydrogen) atoms. The number of nitrogens with zero attached hydrogens (tertiary/aromatic N) is 2. The van der Waals surface area contributed by atoms with Crippen LogP contribution in [0.25, 0.3) is 0 Å². The predicted molar refractivity (Wildman–Crippen MR) is 74.7 cm³/mol. The molecule has 2 N–H and O–H groups in total. The molecule has 0 saturated carbocycles. The van der Waals surface area contributed by atoms with Crippen molar-refractivity contribution >= 4 is 17.4 Å². The molecule has 0 aliphatic heterocycles. The van der Waals surface area contributed by atoms with Gasteiger partial charge in [0.05, 0.1) is 11.9 Å². The Balaban J connectivity index is 1.90. The smallest absolute Gasteiger partial charge is 0.225 e. The van der Waals surface area contributed by atoms with Crippen LogP contribution in [0.4, 0.5) is 11.5 Å². The lowest BCUT2D eigenvalue weighted by Crippen LogP contribution is -2.10. The molecule has 0 aromatic carbocycles. The summed E-state index contributed by atoms with van der Waals surface area (Å²) in [6, 6.07) is 7.57. The fourth-order valence-corrected chi connectivity index (χ4v) is 1.51. The molecule has 5 heteroatoms. The van der Waals surface area contributed by atoms with Gasteiger partial charge in [0.2, 0.25) is 5.91 Å². The molecule has 2 aromatic rings. The summed E-state index contributed by atoms with van der Waals surface area (Å²) in [4.78, 5) is 19.4. The number of rotatable bonds is 5. The molecule has 0 atom stereocenters. The summed E-state index contributed by atoms with van der Waals surface area (Å²) in [6.07, 6.45) is 5.71. The molecular weight excluding hydrogens is 240 g/mol. The topological polar surface area (TPSA) is 66.9 Å². The highest BCUT2D eigenvalue weighted by Crippen LogP contribution is 2.11. The van der Waals surface area contributed by atoms with Gasteiger partial charge in [-0.1, -0.05) is 13.0 Å². The number of carbonyl (C=O) groups is 1. The first kappa shape index (κ1) is 13.0. The molecule has 2 rings (SSSR count). The third-order valence-electron chi connectivity index (χ3n) is 2.57. The average molecular weight is 256 g/mol. The highest BCUT2D eigenvalue weighted by atomic mass is 16.1. The summed E-state index contributed by atoms with van der Waals surface area (Å²) in [5.74, 6) is 0.530. The van der Waals surface area contributed by atoms with Gasteiger partial charge < -0.3 is 10.6 Å². The van der Waals surface area contributed by atoms with Crippen LogP contribution in [0.1, 0.15) is 18.9 Å². The fraction of sp³-hybridized carbons (Fsp3) is 0.214. The Bertz CT molecular complexity index is 525. The lowest BCUT2D eigenvalue weighted by molar-refractivity contribution is -0.115. The van der Waals surface area contributed by atoms with Crippen LogP contribution in [-0.2, 0) is 11.3 Å². The maximum absolute atomic E-state index is 11.2. The van der Waals surface area contributed by atoms with E-state index in [9.17, 15) is 4.79 Å². The molecule has 0 aliphatic rings. The molecule has 0 fully saturated rings. The first-order valence-electron chi connectivity index (χ1n) is 6.16. The van der Waals surface area contributed by atoms with Crippen molar-refractivity contribution in [3.05, 3.63) is 48.4 Å².